The lowest BCUT2D eigenvalue weighted by Gasteiger charge is -2.38. The van der Waals surface area contributed by atoms with Crippen LogP contribution in [-0.4, -0.2) is 46.5 Å². The lowest BCUT2D eigenvalue weighted by Crippen LogP contribution is -2.51. The second-order valence-electron chi connectivity index (χ2n) is 7.33. The van der Waals surface area contributed by atoms with Crippen LogP contribution in [-0.2, 0) is 9.59 Å². The summed E-state index contributed by atoms with van der Waals surface area (Å²) in [4.78, 5) is 32.9. The van der Waals surface area contributed by atoms with Crippen molar-refractivity contribution in [2.45, 2.75) is 32.1 Å². The lowest BCUT2D eigenvalue weighted by molar-refractivity contribution is -0.140. The first-order chi connectivity index (χ1) is 12.5. The lowest BCUT2D eigenvalue weighted by atomic mass is 9.96. The summed E-state index contributed by atoms with van der Waals surface area (Å²) in [6.45, 7) is 5.63. The average molecular weight is 354 g/mol. The number of hydrogen-bond donors (Lipinski definition) is 0. The summed E-state index contributed by atoms with van der Waals surface area (Å²) in [5.74, 6) is 1.38. The molecule has 2 aromatic rings. The highest BCUT2D eigenvalue weighted by atomic mass is 16.5. The highest BCUT2D eigenvalue weighted by molar-refractivity contribution is 6.00. The normalized spacial score (nSPS) is 20.7. The summed E-state index contributed by atoms with van der Waals surface area (Å²) in [7, 11) is 0. The van der Waals surface area contributed by atoms with Crippen molar-refractivity contribution in [1.29, 1.82) is 0 Å². The SMILES string of the molecule is CC(C)c1noc(C2CN(C(=O)C3CC(=O)N(c4ccccc4)C3)C2)n1. The van der Waals surface area contributed by atoms with Gasteiger partial charge in [-0.25, -0.2) is 0 Å². The third kappa shape index (κ3) is 2.98. The van der Waals surface area contributed by atoms with Gasteiger partial charge in [0.25, 0.3) is 0 Å². The Kier molecular flexibility index (Phi) is 4.22. The minimum atomic E-state index is -0.280. The van der Waals surface area contributed by atoms with E-state index in [2.05, 4.69) is 10.1 Å². The number of carbonyl (C=O) groups is 2. The van der Waals surface area contributed by atoms with Crippen LogP contribution in [0.4, 0.5) is 5.69 Å². The molecule has 2 aliphatic heterocycles. The van der Waals surface area contributed by atoms with Crippen LogP contribution in [0.5, 0.6) is 0 Å². The number of anilines is 1. The minimum Gasteiger partial charge on any atom is -0.341 e. The van der Waals surface area contributed by atoms with Crippen LogP contribution in [0.1, 0.15) is 43.8 Å². The molecule has 26 heavy (non-hydrogen) atoms. The second kappa shape index (κ2) is 6.55. The van der Waals surface area contributed by atoms with Crippen LogP contribution >= 0.6 is 0 Å². The standard InChI is InChI=1S/C19H22N4O3/c1-12(2)17-20-18(26-21-17)14-9-22(10-14)19(25)13-8-16(24)23(11-13)15-6-4-3-5-7-15/h3-7,12-14H,8-11H2,1-2H3. The van der Waals surface area contributed by atoms with Crippen LogP contribution in [0.15, 0.2) is 34.9 Å². The number of para-hydroxylation sites is 1. The van der Waals surface area contributed by atoms with Crippen LogP contribution in [0.25, 0.3) is 0 Å². The quantitative estimate of drug-likeness (QED) is 0.841. The van der Waals surface area contributed by atoms with Crippen LogP contribution < -0.4 is 4.90 Å². The molecule has 2 saturated heterocycles. The molecule has 3 heterocycles. The van der Waals surface area contributed by atoms with Gasteiger partial charge in [-0.05, 0) is 12.1 Å². The largest absolute Gasteiger partial charge is 0.341 e. The fourth-order valence-corrected chi connectivity index (χ4v) is 3.45. The topological polar surface area (TPSA) is 79.5 Å². The Balaban J connectivity index is 1.35. The zero-order chi connectivity index (χ0) is 18.3. The van der Waals surface area contributed by atoms with Gasteiger partial charge in [0, 0.05) is 37.7 Å². The summed E-state index contributed by atoms with van der Waals surface area (Å²) in [6.07, 6.45) is 0.271. The maximum absolute atomic E-state index is 12.7. The van der Waals surface area contributed by atoms with E-state index in [0.29, 0.717) is 31.3 Å². The van der Waals surface area contributed by atoms with Crippen molar-refractivity contribution < 1.29 is 14.1 Å². The molecule has 2 aliphatic rings. The predicted molar refractivity (Wildman–Crippen MR) is 94.6 cm³/mol. The Morgan fingerprint density at radius 1 is 1.19 bits per heavy atom. The molecule has 7 nitrogen and oxygen atoms in total. The van der Waals surface area contributed by atoms with E-state index >= 15 is 0 Å². The number of rotatable bonds is 4. The summed E-state index contributed by atoms with van der Waals surface area (Å²) >= 11 is 0. The molecule has 2 fully saturated rings. The van der Waals surface area contributed by atoms with Crippen LogP contribution in [0, 0.1) is 5.92 Å². The first-order valence-corrected chi connectivity index (χ1v) is 9.00. The molecule has 0 aliphatic carbocycles. The van der Waals surface area contributed by atoms with Crippen LogP contribution in [0.2, 0.25) is 0 Å². The van der Waals surface area contributed by atoms with E-state index in [0.717, 1.165) is 5.69 Å². The summed E-state index contributed by atoms with van der Waals surface area (Å²) < 4.78 is 5.31. The first-order valence-electron chi connectivity index (χ1n) is 9.00. The Morgan fingerprint density at radius 2 is 1.92 bits per heavy atom. The molecule has 0 saturated carbocycles. The molecule has 1 aromatic heterocycles. The zero-order valence-electron chi connectivity index (χ0n) is 15.0. The molecule has 2 amide bonds. The first kappa shape index (κ1) is 16.8. The van der Waals surface area contributed by atoms with Crippen molar-refractivity contribution in [2.24, 2.45) is 5.92 Å². The van der Waals surface area contributed by atoms with Gasteiger partial charge in [-0.1, -0.05) is 37.2 Å². The highest BCUT2D eigenvalue weighted by Crippen LogP contribution is 2.31. The zero-order valence-corrected chi connectivity index (χ0v) is 15.0. The van der Waals surface area contributed by atoms with E-state index in [4.69, 9.17) is 4.52 Å². The van der Waals surface area contributed by atoms with Gasteiger partial charge in [-0.15, -0.1) is 0 Å². The molecule has 1 atom stereocenters. The number of carbonyl (C=O) groups excluding carboxylic acids is 2. The van der Waals surface area contributed by atoms with E-state index in [1.54, 1.807) is 9.80 Å². The van der Waals surface area contributed by atoms with Crippen molar-refractivity contribution >= 4 is 17.5 Å². The molecular formula is C19H22N4O3. The maximum atomic E-state index is 12.7. The van der Waals surface area contributed by atoms with E-state index < -0.39 is 0 Å². The molecule has 7 heteroatoms. The van der Waals surface area contributed by atoms with E-state index in [1.165, 1.54) is 0 Å². The Hall–Kier alpha value is -2.70. The number of hydrogen-bond acceptors (Lipinski definition) is 5. The molecule has 0 radical (unpaired) electrons. The van der Waals surface area contributed by atoms with E-state index in [9.17, 15) is 9.59 Å². The van der Waals surface area contributed by atoms with E-state index in [-0.39, 0.29) is 36.0 Å². The van der Waals surface area contributed by atoms with Crippen molar-refractivity contribution in [3.05, 3.63) is 42.0 Å². The average Bonchev–Trinajstić information content (AvgIpc) is 3.21. The molecule has 0 spiro atoms. The highest BCUT2D eigenvalue weighted by Gasteiger charge is 2.42. The third-order valence-corrected chi connectivity index (χ3v) is 5.06. The monoisotopic (exact) mass is 354 g/mol. The van der Waals surface area contributed by atoms with Gasteiger partial charge in [-0.3, -0.25) is 9.59 Å². The Bertz CT molecular complexity index is 811. The van der Waals surface area contributed by atoms with Gasteiger partial charge < -0.3 is 14.3 Å². The van der Waals surface area contributed by atoms with Gasteiger partial charge in [0.05, 0.1) is 11.8 Å². The second-order valence-corrected chi connectivity index (χ2v) is 7.33. The molecular weight excluding hydrogens is 332 g/mol. The molecule has 1 unspecified atom stereocenters. The van der Waals surface area contributed by atoms with E-state index in [1.807, 2.05) is 44.2 Å². The van der Waals surface area contributed by atoms with Gasteiger partial charge in [0.2, 0.25) is 17.7 Å². The Morgan fingerprint density at radius 3 is 2.58 bits per heavy atom. The van der Waals surface area contributed by atoms with Crippen molar-refractivity contribution in [3.63, 3.8) is 0 Å². The summed E-state index contributed by atoms with van der Waals surface area (Å²) in [5, 5.41) is 3.98. The smallest absolute Gasteiger partial charge is 0.233 e. The maximum Gasteiger partial charge on any atom is 0.233 e. The van der Waals surface area contributed by atoms with Crippen LogP contribution in [0.3, 0.4) is 0 Å². The molecule has 0 N–H and O–H groups in total. The van der Waals surface area contributed by atoms with Gasteiger partial charge >= 0.3 is 0 Å². The number of nitrogens with zero attached hydrogens (tertiary/aromatic N) is 4. The van der Waals surface area contributed by atoms with Crippen molar-refractivity contribution in [2.75, 3.05) is 24.5 Å². The van der Waals surface area contributed by atoms with Crippen molar-refractivity contribution in [1.82, 2.24) is 15.0 Å². The summed E-state index contributed by atoms with van der Waals surface area (Å²) in [5.41, 5.74) is 0.848. The third-order valence-electron chi connectivity index (χ3n) is 5.06. The van der Waals surface area contributed by atoms with Gasteiger partial charge in [0.15, 0.2) is 5.82 Å². The number of benzene rings is 1. The van der Waals surface area contributed by atoms with Crippen molar-refractivity contribution in [3.8, 4) is 0 Å². The predicted octanol–water partition coefficient (Wildman–Crippen LogP) is 2.17. The fraction of sp³-hybridized carbons (Fsp3) is 0.474. The number of likely N-dealkylation sites (tertiary alicyclic amines) is 1. The fourth-order valence-electron chi connectivity index (χ4n) is 3.45. The number of amides is 2. The van der Waals surface area contributed by atoms with Gasteiger partial charge in [-0.2, -0.15) is 4.98 Å². The molecule has 1 aromatic carbocycles. The number of aromatic nitrogens is 2. The molecule has 136 valence electrons. The minimum absolute atomic E-state index is 0.00472. The van der Waals surface area contributed by atoms with Gasteiger partial charge in [0.1, 0.15) is 0 Å². The molecule has 0 bridgehead atoms. The Labute approximate surface area is 152 Å². The summed E-state index contributed by atoms with van der Waals surface area (Å²) in [6, 6.07) is 9.49. The molecule has 4 rings (SSSR count).